The van der Waals surface area contributed by atoms with Crippen LogP contribution in [0.3, 0.4) is 0 Å². The maximum Gasteiger partial charge on any atom is 0.258 e. The van der Waals surface area contributed by atoms with Gasteiger partial charge in [-0.05, 0) is 35.7 Å². The van der Waals surface area contributed by atoms with E-state index >= 15 is 0 Å². The van der Waals surface area contributed by atoms with Crippen molar-refractivity contribution < 1.29 is 4.79 Å². The molecule has 0 spiro atoms. The lowest BCUT2D eigenvalue weighted by Gasteiger charge is -2.35. The molecule has 30 heavy (non-hydrogen) atoms. The smallest absolute Gasteiger partial charge is 0.258 e. The Morgan fingerprint density at radius 2 is 1.63 bits per heavy atom. The topological polar surface area (TPSA) is 39.7 Å². The number of carbonyl (C=O) groups excluding carboxylic acids is 1. The van der Waals surface area contributed by atoms with Crippen molar-refractivity contribution in [3.8, 4) is 0 Å². The van der Waals surface area contributed by atoms with Crippen LogP contribution in [0.5, 0.6) is 0 Å². The molecule has 1 fully saturated rings. The third-order valence-corrected chi connectivity index (χ3v) is 6.07. The van der Waals surface area contributed by atoms with Crippen molar-refractivity contribution in [1.29, 1.82) is 0 Å². The third-order valence-electron chi connectivity index (χ3n) is 6.07. The van der Waals surface area contributed by atoms with Gasteiger partial charge >= 0.3 is 0 Å². The number of aromatic nitrogens is 1. The van der Waals surface area contributed by atoms with Crippen LogP contribution in [0.2, 0.25) is 0 Å². The average molecular weight is 399 g/mol. The van der Waals surface area contributed by atoms with Gasteiger partial charge in [-0.1, -0.05) is 48.5 Å². The predicted molar refractivity (Wildman–Crippen MR) is 120 cm³/mol. The number of anilines is 2. The summed E-state index contributed by atoms with van der Waals surface area (Å²) in [6, 6.07) is 22.6. The number of benzene rings is 2. The summed E-state index contributed by atoms with van der Waals surface area (Å²) >= 11 is 0. The summed E-state index contributed by atoms with van der Waals surface area (Å²) in [5, 5.41) is 0. The van der Waals surface area contributed by atoms with Crippen molar-refractivity contribution >= 4 is 17.4 Å². The Bertz CT molecular complexity index is 1030. The summed E-state index contributed by atoms with van der Waals surface area (Å²) in [5.41, 5.74) is 4.34. The number of pyridine rings is 1. The highest BCUT2D eigenvalue weighted by molar-refractivity contribution is 6.07. The average Bonchev–Trinajstić information content (AvgIpc) is 3.24. The second-order valence-corrected chi connectivity index (χ2v) is 7.99. The molecule has 3 heterocycles. The summed E-state index contributed by atoms with van der Waals surface area (Å²) in [4.78, 5) is 24.4. The number of carbonyl (C=O) groups is 1. The van der Waals surface area contributed by atoms with Gasteiger partial charge in [0, 0.05) is 56.7 Å². The maximum absolute atomic E-state index is 13.2. The number of hydrogen-bond donors (Lipinski definition) is 0. The highest BCUT2D eigenvalue weighted by Crippen LogP contribution is 2.29. The molecule has 1 amide bonds. The number of nitrogens with zero attached hydrogens (tertiary/aromatic N) is 4. The zero-order valence-corrected chi connectivity index (χ0v) is 17.1. The van der Waals surface area contributed by atoms with Crippen LogP contribution in [0.4, 0.5) is 11.5 Å². The minimum atomic E-state index is 0.0614. The van der Waals surface area contributed by atoms with Crippen LogP contribution >= 0.6 is 0 Å². The first-order valence-corrected chi connectivity index (χ1v) is 10.6. The Kier molecular flexibility index (Phi) is 5.20. The molecule has 2 aliphatic rings. The van der Waals surface area contributed by atoms with Crippen LogP contribution in [0, 0.1) is 0 Å². The van der Waals surface area contributed by atoms with E-state index in [2.05, 4.69) is 51.2 Å². The molecule has 5 rings (SSSR count). The van der Waals surface area contributed by atoms with E-state index < -0.39 is 0 Å². The lowest BCUT2D eigenvalue weighted by molar-refractivity contribution is 0.0989. The Labute approximate surface area is 177 Å². The molecule has 5 nitrogen and oxygen atoms in total. The quantitative estimate of drug-likeness (QED) is 0.673. The van der Waals surface area contributed by atoms with Crippen molar-refractivity contribution in [3.63, 3.8) is 0 Å². The Balaban J connectivity index is 1.25. The molecule has 1 aromatic heterocycles. The normalized spacial score (nSPS) is 16.5. The summed E-state index contributed by atoms with van der Waals surface area (Å²) < 4.78 is 0. The van der Waals surface area contributed by atoms with Gasteiger partial charge in [0.2, 0.25) is 0 Å². The second kappa shape index (κ2) is 8.28. The SMILES string of the molecule is O=C(c1ccnc(N2CCN(Cc3ccccc3)CC2)c1)N1CCc2ccccc21. The summed E-state index contributed by atoms with van der Waals surface area (Å²) in [6.45, 7) is 5.56. The van der Waals surface area contributed by atoms with Gasteiger partial charge in [0.25, 0.3) is 5.91 Å². The first-order chi connectivity index (χ1) is 14.8. The fourth-order valence-electron chi connectivity index (χ4n) is 4.41. The predicted octanol–water partition coefficient (Wildman–Crippen LogP) is 3.61. The standard InChI is InChI=1S/C25H26N4O/c30-25(29-13-11-21-8-4-5-9-23(21)29)22-10-12-26-24(18-22)28-16-14-27(15-17-28)19-20-6-2-1-3-7-20/h1-10,12,18H,11,13-17,19H2. The van der Waals surface area contributed by atoms with Gasteiger partial charge in [0.15, 0.2) is 0 Å². The minimum Gasteiger partial charge on any atom is -0.354 e. The molecule has 0 atom stereocenters. The monoisotopic (exact) mass is 398 g/mol. The number of amides is 1. The molecule has 5 heteroatoms. The Morgan fingerprint density at radius 3 is 2.47 bits per heavy atom. The van der Waals surface area contributed by atoms with Crippen molar-refractivity contribution in [1.82, 2.24) is 9.88 Å². The van der Waals surface area contributed by atoms with Gasteiger partial charge in [0.1, 0.15) is 5.82 Å². The zero-order valence-electron chi connectivity index (χ0n) is 17.1. The minimum absolute atomic E-state index is 0.0614. The molecular formula is C25H26N4O. The van der Waals surface area contributed by atoms with Gasteiger partial charge in [0.05, 0.1) is 0 Å². The molecule has 0 bridgehead atoms. The molecule has 152 valence electrons. The molecule has 3 aromatic rings. The number of piperazine rings is 1. The lowest BCUT2D eigenvalue weighted by Crippen LogP contribution is -2.46. The van der Waals surface area contributed by atoms with E-state index in [9.17, 15) is 4.79 Å². The number of hydrogen-bond acceptors (Lipinski definition) is 4. The third kappa shape index (κ3) is 3.81. The van der Waals surface area contributed by atoms with Gasteiger partial charge in [-0.3, -0.25) is 9.69 Å². The van der Waals surface area contributed by atoms with E-state index in [1.165, 1.54) is 11.1 Å². The van der Waals surface area contributed by atoms with E-state index in [-0.39, 0.29) is 5.91 Å². The lowest BCUT2D eigenvalue weighted by atomic mass is 10.1. The van der Waals surface area contributed by atoms with Gasteiger partial charge in [-0.25, -0.2) is 4.98 Å². The maximum atomic E-state index is 13.2. The summed E-state index contributed by atoms with van der Waals surface area (Å²) in [6.07, 6.45) is 2.68. The second-order valence-electron chi connectivity index (χ2n) is 7.99. The highest BCUT2D eigenvalue weighted by Gasteiger charge is 2.26. The molecule has 0 N–H and O–H groups in total. The molecule has 1 saturated heterocycles. The fourth-order valence-corrected chi connectivity index (χ4v) is 4.41. The molecule has 2 aliphatic heterocycles. The van der Waals surface area contributed by atoms with Gasteiger partial charge < -0.3 is 9.80 Å². The van der Waals surface area contributed by atoms with Crippen molar-refractivity contribution in [3.05, 3.63) is 89.6 Å². The molecule has 0 saturated carbocycles. The van der Waals surface area contributed by atoms with Crippen LogP contribution < -0.4 is 9.80 Å². The van der Waals surface area contributed by atoms with Gasteiger partial charge in [-0.2, -0.15) is 0 Å². The fraction of sp³-hybridized carbons (Fsp3) is 0.280. The molecule has 0 unspecified atom stereocenters. The Morgan fingerprint density at radius 1 is 0.867 bits per heavy atom. The van der Waals surface area contributed by atoms with Crippen LogP contribution in [0.1, 0.15) is 21.5 Å². The van der Waals surface area contributed by atoms with Crippen molar-refractivity contribution in [2.45, 2.75) is 13.0 Å². The van der Waals surface area contributed by atoms with E-state index in [4.69, 9.17) is 0 Å². The number of para-hydroxylation sites is 1. The summed E-state index contributed by atoms with van der Waals surface area (Å²) in [5.74, 6) is 0.957. The molecule has 0 radical (unpaired) electrons. The number of rotatable bonds is 4. The van der Waals surface area contributed by atoms with E-state index in [0.29, 0.717) is 5.56 Å². The van der Waals surface area contributed by atoms with E-state index in [0.717, 1.165) is 57.2 Å². The molecular weight excluding hydrogens is 372 g/mol. The van der Waals surface area contributed by atoms with Gasteiger partial charge in [-0.15, -0.1) is 0 Å². The first-order valence-electron chi connectivity index (χ1n) is 10.6. The van der Waals surface area contributed by atoms with Crippen LogP contribution in [0.25, 0.3) is 0 Å². The van der Waals surface area contributed by atoms with Crippen LogP contribution in [-0.2, 0) is 13.0 Å². The zero-order chi connectivity index (χ0) is 20.3. The summed E-state index contributed by atoms with van der Waals surface area (Å²) in [7, 11) is 0. The Hall–Kier alpha value is -3.18. The molecule has 0 aliphatic carbocycles. The molecule has 2 aromatic carbocycles. The highest BCUT2D eigenvalue weighted by atomic mass is 16.2. The van der Waals surface area contributed by atoms with Crippen molar-refractivity contribution in [2.75, 3.05) is 42.5 Å². The largest absolute Gasteiger partial charge is 0.354 e. The van der Waals surface area contributed by atoms with E-state index in [1.54, 1.807) is 6.20 Å². The van der Waals surface area contributed by atoms with Crippen molar-refractivity contribution in [2.24, 2.45) is 0 Å². The van der Waals surface area contributed by atoms with E-state index in [1.807, 2.05) is 35.2 Å². The first kappa shape index (κ1) is 18.8. The number of fused-ring (bicyclic) bond motifs is 1. The van der Waals surface area contributed by atoms with Crippen LogP contribution in [0.15, 0.2) is 72.9 Å². The van der Waals surface area contributed by atoms with Crippen LogP contribution in [-0.4, -0.2) is 48.5 Å².